The van der Waals surface area contributed by atoms with Crippen LogP contribution < -0.4 is 4.90 Å². The fourth-order valence-electron chi connectivity index (χ4n) is 1.13. The van der Waals surface area contributed by atoms with Gasteiger partial charge in [-0.1, -0.05) is 0 Å². The number of aliphatic hydroxyl groups is 2. The van der Waals surface area contributed by atoms with Gasteiger partial charge in [-0.2, -0.15) is 5.10 Å². The minimum Gasteiger partial charge on any atom is -0.492 e. The molecule has 1 aromatic rings. The lowest BCUT2D eigenvalue weighted by Crippen LogP contribution is -2.29. The van der Waals surface area contributed by atoms with Crippen LogP contribution in [0.4, 0.5) is 5.69 Å². The summed E-state index contributed by atoms with van der Waals surface area (Å²) in [6.07, 6.45) is 1.46. The molecular formula is C8H13N3O3. The van der Waals surface area contributed by atoms with E-state index in [2.05, 4.69) is 10.2 Å². The van der Waals surface area contributed by atoms with Crippen molar-refractivity contribution in [2.24, 2.45) is 0 Å². The third-order valence-electron chi connectivity index (χ3n) is 1.73. The minimum atomic E-state index is -0.177. The standard InChI is InChI=1S/C8H13N3O3/c12-3-1-11(2-4-13)7-5-8(14)10-9-6-7/h5-6,12-13H,1-4H2,(H,10,14). The first-order valence-corrected chi connectivity index (χ1v) is 4.26. The molecule has 0 unspecified atom stereocenters. The molecule has 0 amide bonds. The van der Waals surface area contributed by atoms with Crippen LogP contribution in [0, 0.1) is 0 Å². The Labute approximate surface area is 81.4 Å². The summed E-state index contributed by atoms with van der Waals surface area (Å²) in [7, 11) is 0. The first-order chi connectivity index (χ1) is 6.77. The van der Waals surface area contributed by atoms with Crippen molar-refractivity contribution in [2.45, 2.75) is 0 Å². The first-order valence-electron chi connectivity index (χ1n) is 4.26. The van der Waals surface area contributed by atoms with E-state index in [1.165, 1.54) is 12.3 Å². The molecule has 3 N–H and O–H groups in total. The van der Waals surface area contributed by atoms with E-state index in [0.29, 0.717) is 18.8 Å². The Balaban J connectivity index is 2.75. The molecule has 0 aromatic carbocycles. The van der Waals surface area contributed by atoms with E-state index in [1.807, 2.05) is 0 Å². The van der Waals surface area contributed by atoms with Gasteiger partial charge in [0.1, 0.15) is 0 Å². The van der Waals surface area contributed by atoms with Crippen molar-refractivity contribution >= 4 is 5.69 Å². The highest BCUT2D eigenvalue weighted by atomic mass is 16.3. The van der Waals surface area contributed by atoms with Gasteiger partial charge in [-0.05, 0) is 0 Å². The highest BCUT2D eigenvalue weighted by molar-refractivity contribution is 5.45. The van der Waals surface area contributed by atoms with Crippen LogP contribution in [0.2, 0.25) is 0 Å². The Morgan fingerprint density at radius 1 is 1.21 bits per heavy atom. The maximum atomic E-state index is 9.07. The summed E-state index contributed by atoms with van der Waals surface area (Å²) >= 11 is 0. The van der Waals surface area contributed by atoms with Gasteiger partial charge in [0, 0.05) is 19.2 Å². The third-order valence-corrected chi connectivity index (χ3v) is 1.73. The lowest BCUT2D eigenvalue weighted by Gasteiger charge is -2.21. The third kappa shape index (κ3) is 2.82. The maximum Gasteiger partial charge on any atom is 0.233 e. The Bertz CT molecular complexity index is 276. The number of anilines is 1. The Morgan fingerprint density at radius 3 is 2.36 bits per heavy atom. The molecule has 1 rings (SSSR count). The SMILES string of the molecule is OCCN(CCO)c1cnnc(O)c1. The van der Waals surface area contributed by atoms with E-state index in [4.69, 9.17) is 15.3 Å². The molecule has 0 radical (unpaired) electrons. The van der Waals surface area contributed by atoms with Crippen molar-refractivity contribution in [1.82, 2.24) is 10.2 Å². The van der Waals surface area contributed by atoms with Crippen LogP contribution in [-0.4, -0.2) is 51.8 Å². The maximum absolute atomic E-state index is 9.07. The van der Waals surface area contributed by atoms with Gasteiger partial charge in [0.15, 0.2) is 0 Å². The summed E-state index contributed by atoms with van der Waals surface area (Å²) in [5, 5.41) is 33.6. The van der Waals surface area contributed by atoms with Gasteiger partial charge in [0.05, 0.1) is 25.1 Å². The molecular weight excluding hydrogens is 186 g/mol. The number of aliphatic hydroxyl groups excluding tert-OH is 2. The molecule has 0 aliphatic carbocycles. The van der Waals surface area contributed by atoms with Gasteiger partial charge in [0.25, 0.3) is 0 Å². The second-order valence-electron chi connectivity index (χ2n) is 2.71. The van der Waals surface area contributed by atoms with Gasteiger partial charge in [-0.25, -0.2) is 0 Å². The molecule has 1 aromatic heterocycles. The average molecular weight is 199 g/mol. The Kier molecular flexibility index (Phi) is 4.09. The molecule has 0 saturated carbocycles. The number of hydrogen-bond acceptors (Lipinski definition) is 6. The van der Waals surface area contributed by atoms with E-state index in [9.17, 15) is 0 Å². The van der Waals surface area contributed by atoms with Crippen molar-refractivity contribution < 1.29 is 15.3 Å². The molecule has 14 heavy (non-hydrogen) atoms. The normalized spacial score (nSPS) is 10.1. The highest BCUT2D eigenvalue weighted by Gasteiger charge is 2.06. The van der Waals surface area contributed by atoms with Crippen molar-refractivity contribution in [3.8, 4) is 5.88 Å². The van der Waals surface area contributed by atoms with Crippen molar-refractivity contribution in [1.29, 1.82) is 0 Å². The number of aromatic hydroxyl groups is 1. The molecule has 1 heterocycles. The predicted molar refractivity (Wildman–Crippen MR) is 50.1 cm³/mol. The number of rotatable bonds is 5. The summed E-state index contributed by atoms with van der Waals surface area (Å²) in [5.41, 5.74) is 0.626. The molecule has 78 valence electrons. The quantitative estimate of drug-likeness (QED) is 0.562. The molecule has 0 saturated heterocycles. The van der Waals surface area contributed by atoms with Crippen molar-refractivity contribution in [3.63, 3.8) is 0 Å². The van der Waals surface area contributed by atoms with Crippen LogP contribution in [0.25, 0.3) is 0 Å². The average Bonchev–Trinajstić information content (AvgIpc) is 2.17. The lowest BCUT2D eigenvalue weighted by atomic mass is 10.3. The van der Waals surface area contributed by atoms with Crippen LogP contribution in [0.5, 0.6) is 5.88 Å². The minimum absolute atomic E-state index is 0.0247. The van der Waals surface area contributed by atoms with Crippen LogP contribution >= 0.6 is 0 Å². The van der Waals surface area contributed by atoms with E-state index < -0.39 is 0 Å². The number of aromatic nitrogens is 2. The first kappa shape index (κ1) is 10.7. The zero-order chi connectivity index (χ0) is 10.4. The largest absolute Gasteiger partial charge is 0.492 e. The van der Waals surface area contributed by atoms with E-state index in [0.717, 1.165) is 0 Å². The molecule has 0 fully saturated rings. The summed E-state index contributed by atoms with van der Waals surface area (Å²) in [6, 6.07) is 1.43. The molecule has 0 aliphatic rings. The smallest absolute Gasteiger partial charge is 0.233 e. The number of hydrogen-bond donors (Lipinski definition) is 3. The van der Waals surface area contributed by atoms with Crippen LogP contribution in [-0.2, 0) is 0 Å². The second-order valence-corrected chi connectivity index (χ2v) is 2.71. The summed E-state index contributed by atoms with van der Waals surface area (Å²) in [6.45, 7) is 0.712. The van der Waals surface area contributed by atoms with Crippen LogP contribution in [0.3, 0.4) is 0 Å². The Hall–Kier alpha value is -1.40. The summed E-state index contributed by atoms with van der Waals surface area (Å²) < 4.78 is 0. The molecule has 0 spiro atoms. The topological polar surface area (TPSA) is 89.7 Å². The molecule has 0 bridgehead atoms. The van der Waals surface area contributed by atoms with Gasteiger partial charge in [0.2, 0.25) is 5.88 Å². The van der Waals surface area contributed by atoms with Gasteiger partial charge < -0.3 is 20.2 Å². The molecule has 0 atom stereocenters. The summed E-state index contributed by atoms with van der Waals surface area (Å²) in [5.74, 6) is -0.177. The molecule has 6 heteroatoms. The zero-order valence-corrected chi connectivity index (χ0v) is 7.67. The fourth-order valence-corrected chi connectivity index (χ4v) is 1.13. The van der Waals surface area contributed by atoms with Crippen LogP contribution in [0.15, 0.2) is 12.3 Å². The van der Waals surface area contributed by atoms with Crippen molar-refractivity contribution in [3.05, 3.63) is 12.3 Å². The van der Waals surface area contributed by atoms with Gasteiger partial charge in [-0.15, -0.1) is 5.10 Å². The highest BCUT2D eigenvalue weighted by Crippen LogP contribution is 2.15. The number of nitrogens with zero attached hydrogens (tertiary/aromatic N) is 3. The van der Waals surface area contributed by atoms with E-state index >= 15 is 0 Å². The molecule has 0 aliphatic heterocycles. The van der Waals surface area contributed by atoms with Crippen molar-refractivity contribution in [2.75, 3.05) is 31.2 Å². The fraction of sp³-hybridized carbons (Fsp3) is 0.500. The lowest BCUT2D eigenvalue weighted by molar-refractivity contribution is 0.281. The van der Waals surface area contributed by atoms with E-state index in [1.54, 1.807) is 4.90 Å². The van der Waals surface area contributed by atoms with Gasteiger partial charge in [-0.3, -0.25) is 0 Å². The monoisotopic (exact) mass is 199 g/mol. The van der Waals surface area contributed by atoms with Crippen LogP contribution in [0.1, 0.15) is 0 Å². The predicted octanol–water partition coefficient (Wildman–Crippen LogP) is -1.03. The second kappa shape index (κ2) is 5.36. The van der Waals surface area contributed by atoms with Gasteiger partial charge >= 0.3 is 0 Å². The zero-order valence-electron chi connectivity index (χ0n) is 7.67. The molecule has 6 nitrogen and oxygen atoms in total. The summed E-state index contributed by atoms with van der Waals surface area (Å²) in [4.78, 5) is 1.70. The Morgan fingerprint density at radius 2 is 1.86 bits per heavy atom. The van der Waals surface area contributed by atoms with E-state index in [-0.39, 0.29) is 19.1 Å².